The van der Waals surface area contributed by atoms with Gasteiger partial charge < -0.3 is 10.6 Å². The molecule has 0 radical (unpaired) electrons. The summed E-state index contributed by atoms with van der Waals surface area (Å²) in [6.07, 6.45) is 0. The lowest BCUT2D eigenvalue weighted by atomic mass is 9.78. The summed E-state index contributed by atoms with van der Waals surface area (Å²) < 4.78 is 0. The Bertz CT molecular complexity index is 613. The van der Waals surface area contributed by atoms with Crippen LogP contribution in [0.1, 0.15) is 29.8 Å². The Kier molecular flexibility index (Phi) is 4.18. The Labute approximate surface area is 127 Å². The first-order chi connectivity index (χ1) is 9.86. The van der Waals surface area contributed by atoms with Crippen molar-refractivity contribution in [1.82, 2.24) is 10.6 Å². The van der Waals surface area contributed by atoms with Crippen LogP contribution >= 0.6 is 11.6 Å². The monoisotopic (exact) mass is 309 g/mol. The number of urea groups is 1. The molecule has 6 nitrogen and oxygen atoms in total. The van der Waals surface area contributed by atoms with Gasteiger partial charge in [0.2, 0.25) is 5.91 Å². The predicted molar refractivity (Wildman–Crippen MR) is 79.7 cm³/mol. The zero-order valence-corrected chi connectivity index (χ0v) is 12.5. The standard InChI is InChI=1S/C14H16ClN3O3/c1-14(2)10-4-3-8(17-13(21)16-6-5-15)7-9(10)11(19)18-12(14)20/h3-4,7H,5-6H2,1-2H3,(H2,16,17,21)(H,18,19,20). The van der Waals surface area contributed by atoms with Gasteiger partial charge in [0.05, 0.1) is 5.41 Å². The van der Waals surface area contributed by atoms with E-state index in [1.807, 2.05) is 0 Å². The van der Waals surface area contributed by atoms with Gasteiger partial charge in [-0.05, 0) is 31.5 Å². The number of hydrogen-bond donors (Lipinski definition) is 3. The van der Waals surface area contributed by atoms with Crippen molar-refractivity contribution >= 4 is 35.1 Å². The van der Waals surface area contributed by atoms with Crippen LogP contribution in [0.5, 0.6) is 0 Å². The predicted octanol–water partition coefficient (Wildman–Crippen LogP) is 1.59. The minimum absolute atomic E-state index is 0.316. The lowest BCUT2D eigenvalue weighted by Gasteiger charge is -2.30. The van der Waals surface area contributed by atoms with Crippen molar-refractivity contribution < 1.29 is 14.4 Å². The minimum atomic E-state index is -0.789. The molecular weight excluding hydrogens is 294 g/mol. The highest BCUT2D eigenvalue weighted by molar-refractivity contribution is 6.18. The maximum Gasteiger partial charge on any atom is 0.319 e. The molecule has 0 saturated carbocycles. The van der Waals surface area contributed by atoms with E-state index in [0.29, 0.717) is 29.2 Å². The summed E-state index contributed by atoms with van der Waals surface area (Å²) in [6, 6.07) is 4.50. The molecule has 0 aromatic heterocycles. The second-order valence-electron chi connectivity index (χ2n) is 5.24. The fourth-order valence-corrected chi connectivity index (χ4v) is 2.23. The molecule has 0 aliphatic carbocycles. The molecule has 3 N–H and O–H groups in total. The van der Waals surface area contributed by atoms with Gasteiger partial charge in [0.1, 0.15) is 0 Å². The zero-order chi connectivity index (χ0) is 15.6. The van der Waals surface area contributed by atoms with Crippen molar-refractivity contribution in [3.05, 3.63) is 29.3 Å². The van der Waals surface area contributed by atoms with Gasteiger partial charge in [0, 0.05) is 23.7 Å². The van der Waals surface area contributed by atoms with E-state index in [4.69, 9.17) is 11.6 Å². The number of anilines is 1. The van der Waals surface area contributed by atoms with Gasteiger partial charge in [-0.3, -0.25) is 14.9 Å². The third-order valence-electron chi connectivity index (χ3n) is 3.37. The van der Waals surface area contributed by atoms with E-state index < -0.39 is 17.4 Å². The largest absolute Gasteiger partial charge is 0.337 e. The second-order valence-corrected chi connectivity index (χ2v) is 5.62. The number of benzene rings is 1. The number of halogens is 1. The molecule has 7 heteroatoms. The molecule has 1 aromatic carbocycles. The smallest absolute Gasteiger partial charge is 0.319 e. The molecule has 0 spiro atoms. The average Bonchev–Trinajstić information content (AvgIpc) is 2.43. The number of carbonyl (C=O) groups excluding carboxylic acids is 3. The van der Waals surface area contributed by atoms with Crippen molar-refractivity contribution in [2.75, 3.05) is 17.7 Å². The summed E-state index contributed by atoms with van der Waals surface area (Å²) in [5.74, 6) is -0.476. The number of hydrogen-bond acceptors (Lipinski definition) is 3. The van der Waals surface area contributed by atoms with Gasteiger partial charge >= 0.3 is 6.03 Å². The minimum Gasteiger partial charge on any atom is -0.337 e. The Morgan fingerprint density at radius 1 is 1.33 bits per heavy atom. The second kappa shape index (κ2) is 5.73. The van der Waals surface area contributed by atoms with E-state index in [2.05, 4.69) is 16.0 Å². The Morgan fingerprint density at radius 3 is 2.71 bits per heavy atom. The van der Waals surface area contributed by atoms with Crippen LogP contribution in [0, 0.1) is 0 Å². The number of fused-ring (bicyclic) bond motifs is 1. The van der Waals surface area contributed by atoms with Crippen molar-refractivity contribution in [2.45, 2.75) is 19.3 Å². The fourth-order valence-electron chi connectivity index (χ4n) is 2.14. The summed E-state index contributed by atoms with van der Waals surface area (Å²) >= 11 is 5.48. The van der Waals surface area contributed by atoms with E-state index in [9.17, 15) is 14.4 Å². The van der Waals surface area contributed by atoms with E-state index in [1.54, 1.807) is 32.0 Å². The number of rotatable bonds is 3. The first-order valence-electron chi connectivity index (χ1n) is 6.47. The molecule has 4 amide bonds. The Balaban J connectivity index is 2.27. The van der Waals surface area contributed by atoms with E-state index in [0.717, 1.165) is 0 Å². The summed E-state index contributed by atoms with van der Waals surface area (Å²) in [5, 5.41) is 7.49. The normalized spacial score (nSPS) is 16.0. The van der Waals surface area contributed by atoms with Crippen molar-refractivity contribution in [3.63, 3.8) is 0 Å². The molecule has 0 bridgehead atoms. The van der Waals surface area contributed by atoms with Crippen LogP contribution in [0.3, 0.4) is 0 Å². The number of amides is 4. The van der Waals surface area contributed by atoms with Gasteiger partial charge in [-0.2, -0.15) is 0 Å². The van der Waals surface area contributed by atoms with Gasteiger partial charge in [-0.15, -0.1) is 11.6 Å². The summed E-state index contributed by atoms with van der Waals surface area (Å²) in [6.45, 7) is 3.84. The van der Waals surface area contributed by atoms with Crippen LogP contribution in [-0.2, 0) is 10.2 Å². The Morgan fingerprint density at radius 2 is 2.05 bits per heavy atom. The number of carbonyl (C=O) groups is 3. The lowest BCUT2D eigenvalue weighted by Crippen LogP contribution is -2.48. The van der Waals surface area contributed by atoms with Crippen LogP contribution in [0.4, 0.5) is 10.5 Å². The van der Waals surface area contributed by atoms with E-state index >= 15 is 0 Å². The molecule has 0 saturated heterocycles. The topological polar surface area (TPSA) is 87.3 Å². The number of alkyl halides is 1. The van der Waals surface area contributed by atoms with Crippen molar-refractivity contribution in [1.29, 1.82) is 0 Å². The molecule has 1 aromatic rings. The quantitative estimate of drug-likeness (QED) is 0.585. The van der Waals surface area contributed by atoms with Gasteiger partial charge in [-0.25, -0.2) is 4.79 Å². The SMILES string of the molecule is CC1(C)C(=O)NC(=O)c2cc(NC(=O)NCCCl)ccc21. The van der Waals surface area contributed by atoms with Crippen LogP contribution in [0.25, 0.3) is 0 Å². The zero-order valence-electron chi connectivity index (χ0n) is 11.7. The first kappa shape index (κ1) is 15.3. The molecule has 1 aliphatic rings. The third kappa shape index (κ3) is 3.00. The molecule has 21 heavy (non-hydrogen) atoms. The molecular formula is C14H16ClN3O3. The van der Waals surface area contributed by atoms with Crippen LogP contribution < -0.4 is 16.0 Å². The number of imide groups is 1. The van der Waals surface area contributed by atoms with Gasteiger partial charge in [0.15, 0.2) is 0 Å². The van der Waals surface area contributed by atoms with Gasteiger partial charge in [0.25, 0.3) is 5.91 Å². The summed E-state index contributed by atoms with van der Waals surface area (Å²) in [4.78, 5) is 35.3. The van der Waals surface area contributed by atoms with E-state index in [-0.39, 0.29) is 5.91 Å². The van der Waals surface area contributed by atoms with Crippen molar-refractivity contribution in [3.8, 4) is 0 Å². The average molecular weight is 310 g/mol. The summed E-state index contributed by atoms with van der Waals surface area (Å²) in [7, 11) is 0. The molecule has 1 heterocycles. The molecule has 2 rings (SSSR count). The molecule has 0 fully saturated rings. The Hall–Kier alpha value is -2.08. The molecule has 112 valence electrons. The van der Waals surface area contributed by atoms with E-state index in [1.165, 1.54) is 0 Å². The highest BCUT2D eigenvalue weighted by Crippen LogP contribution is 2.32. The van der Waals surface area contributed by atoms with Crippen LogP contribution in [0.2, 0.25) is 0 Å². The fraction of sp³-hybridized carbons (Fsp3) is 0.357. The van der Waals surface area contributed by atoms with Crippen molar-refractivity contribution in [2.24, 2.45) is 0 Å². The first-order valence-corrected chi connectivity index (χ1v) is 7.01. The van der Waals surface area contributed by atoms with Gasteiger partial charge in [-0.1, -0.05) is 6.07 Å². The highest BCUT2D eigenvalue weighted by atomic mass is 35.5. The molecule has 0 unspecified atom stereocenters. The maximum atomic E-state index is 11.9. The van der Waals surface area contributed by atoms with Crippen LogP contribution in [0.15, 0.2) is 18.2 Å². The number of nitrogens with one attached hydrogen (secondary N) is 3. The summed E-state index contributed by atoms with van der Waals surface area (Å²) in [5.41, 5.74) is 0.710. The molecule has 0 atom stereocenters. The maximum absolute atomic E-state index is 11.9. The highest BCUT2D eigenvalue weighted by Gasteiger charge is 2.39. The lowest BCUT2D eigenvalue weighted by molar-refractivity contribution is -0.125. The molecule has 1 aliphatic heterocycles. The third-order valence-corrected chi connectivity index (χ3v) is 3.56. The van der Waals surface area contributed by atoms with Crippen LogP contribution in [-0.4, -0.2) is 30.3 Å².